The van der Waals surface area contributed by atoms with E-state index in [1.807, 2.05) is 0 Å². The Morgan fingerprint density at radius 2 is 2.14 bits per heavy atom. The number of aliphatic hydroxyl groups is 1. The van der Waals surface area contributed by atoms with Crippen LogP contribution in [0, 0.1) is 0 Å². The second kappa shape index (κ2) is 5.54. The summed E-state index contributed by atoms with van der Waals surface area (Å²) in [7, 11) is 4.75. The van der Waals surface area contributed by atoms with Gasteiger partial charge in [0.2, 0.25) is 0 Å². The highest BCUT2D eigenvalue weighted by molar-refractivity contribution is 5.92. The topological polar surface area (TPSA) is 61.6 Å². The fraction of sp³-hybridized carbons (Fsp3) is 0.692. The summed E-state index contributed by atoms with van der Waals surface area (Å²) in [5.74, 6) is -0.596. The molecule has 1 atom stereocenters. The number of alkyl halides is 3. The van der Waals surface area contributed by atoms with Crippen molar-refractivity contribution in [2.75, 3.05) is 33.7 Å². The molecule has 0 spiro atoms. The van der Waals surface area contributed by atoms with Crippen LogP contribution in [0.15, 0.2) is 6.07 Å². The van der Waals surface area contributed by atoms with Crippen LogP contribution in [0.1, 0.15) is 22.6 Å². The van der Waals surface area contributed by atoms with Crippen LogP contribution in [-0.2, 0) is 13.2 Å². The van der Waals surface area contributed by atoms with Crippen LogP contribution in [0.5, 0.6) is 0 Å². The first kappa shape index (κ1) is 16.8. The Morgan fingerprint density at radius 1 is 1.50 bits per heavy atom. The van der Waals surface area contributed by atoms with Crippen molar-refractivity contribution < 1.29 is 23.1 Å². The van der Waals surface area contributed by atoms with Crippen LogP contribution < -0.4 is 0 Å². The second-order valence-corrected chi connectivity index (χ2v) is 5.98. The van der Waals surface area contributed by atoms with Gasteiger partial charge in [0.25, 0.3) is 5.91 Å². The van der Waals surface area contributed by atoms with Gasteiger partial charge in [0.15, 0.2) is 5.69 Å². The Kier molecular flexibility index (Phi) is 4.22. The molecule has 22 heavy (non-hydrogen) atoms. The summed E-state index contributed by atoms with van der Waals surface area (Å²) in [6.07, 6.45) is -4.17. The molecule has 0 aromatic carbocycles. The molecule has 1 aliphatic heterocycles. The predicted octanol–water partition coefficient (Wildman–Crippen LogP) is 0.577. The second-order valence-electron chi connectivity index (χ2n) is 5.98. The Labute approximate surface area is 126 Å². The molecule has 124 valence electrons. The molecule has 9 heteroatoms. The zero-order valence-electron chi connectivity index (χ0n) is 12.7. The standard InChI is InChI=1S/C13H19F3N4O2/c1-18(2)7-12(22)4-5-20(8-12)11(21)9-6-10(13(14,15)16)19(3)17-9/h6,22H,4-5,7-8H2,1-3H3. The third kappa shape index (κ3) is 3.41. The van der Waals surface area contributed by atoms with Gasteiger partial charge in [0, 0.05) is 26.2 Å². The minimum absolute atomic E-state index is 0.0853. The summed E-state index contributed by atoms with van der Waals surface area (Å²) < 4.78 is 38.9. The number of carbonyl (C=O) groups is 1. The SMILES string of the molecule is CN(C)CC1(O)CCN(C(=O)c2cc(C(F)(F)F)n(C)n2)C1. The summed E-state index contributed by atoms with van der Waals surface area (Å²) >= 11 is 0. The van der Waals surface area contributed by atoms with Crippen molar-refractivity contribution in [3.8, 4) is 0 Å². The Hall–Kier alpha value is -1.61. The third-order valence-electron chi connectivity index (χ3n) is 3.62. The van der Waals surface area contributed by atoms with Crippen molar-refractivity contribution in [2.24, 2.45) is 7.05 Å². The number of β-amino-alcohol motifs (C(OH)–C–C–N with tert-alkyl or cyclic N) is 1. The smallest absolute Gasteiger partial charge is 0.387 e. The van der Waals surface area contributed by atoms with Gasteiger partial charge in [0.1, 0.15) is 5.69 Å². The van der Waals surface area contributed by atoms with E-state index in [-0.39, 0.29) is 12.2 Å². The molecule has 0 bridgehead atoms. The largest absolute Gasteiger partial charge is 0.433 e. The quantitative estimate of drug-likeness (QED) is 0.885. The summed E-state index contributed by atoms with van der Waals surface area (Å²) in [6.45, 7) is 0.760. The van der Waals surface area contributed by atoms with Gasteiger partial charge in [-0.25, -0.2) is 0 Å². The van der Waals surface area contributed by atoms with Crippen LogP contribution in [0.25, 0.3) is 0 Å². The Bertz CT molecular complexity index is 570. The average Bonchev–Trinajstić information content (AvgIpc) is 2.90. The molecule has 2 heterocycles. The number of carbonyl (C=O) groups excluding carboxylic acids is 1. The van der Waals surface area contributed by atoms with E-state index < -0.39 is 23.4 Å². The van der Waals surface area contributed by atoms with Crippen LogP contribution in [0.4, 0.5) is 13.2 Å². The van der Waals surface area contributed by atoms with E-state index in [1.54, 1.807) is 19.0 Å². The van der Waals surface area contributed by atoms with E-state index in [9.17, 15) is 23.1 Å². The third-order valence-corrected chi connectivity index (χ3v) is 3.62. The van der Waals surface area contributed by atoms with Crippen molar-refractivity contribution in [2.45, 2.75) is 18.2 Å². The molecule has 0 aliphatic carbocycles. The lowest BCUT2D eigenvalue weighted by molar-refractivity contribution is -0.143. The molecule has 1 aromatic heterocycles. The molecule has 1 N–H and O–H groups in total. The van der Waals surface area contributed by atoms with Gasteiger partial charge in [-0.05, 0) is 20.5 Å². The fourth-order valence-corrected chi connectivity index (χ4v) is 2.75. The molecular formula is C13H19F3N4O2. The lowest BCUT2D eigenvalue weighted by Gasteiger charge is -2.26. The summed E-state index contributed by atoms with van der Waals surface area (Å²) in [5.41, 5.74) is -2.27. The van der Waals surface area contributed by atoms with E-state index in [0.717, 1.165) is 13.1 Å². The van der Waals surface area contributed by atoms with Crippen LogP contribution in [0.2, 0.25) is 0 Å². The van der Waals surface area contributed by atoms with Gasteiger partial charge < -0.3 is 14.9 Å². The maximum Gasteiger partial charge on any atom is 0.433 e. The van der Waals surface area contributed by atoms with Crippen LogP contribution in [-0.4, -0.2) is 69.9 Å². The van der Waals surface area contributed by atoms with E-state index in [4.69, 9.17) is 0 Å². The lowest BCUT2D eigenvalue weighted by Crippen LogP contribution is -2.43. The van der Waals surface area contributed by atoms with Gasteiger partial charge in [-0.15, -0.1) is 0 Å². The van der Waals surface area contributed by atoms with Crippen molar-refractivity contribution in [3.63, 3.8) is 0 Å². The first-order valence-corrected chi connectivity index (χ1v) is 6.79. The van der Waals surface area contributed by atoms with Gasteiger partial charge in [-0.3, -0.25) is 9.48 Å². The number of nitrogens with zero attached hydrogens (tertiary/aromatic N) is 4. The molecule has 1 saturated heterocycles. The van der Waals surface area contributed by atoms with Crippen LogP contribution in [0.3, 0.4) is 0 Å². The van der Waals surface area contributed by atoms with E-state index >= 15 is 0 Å². The highest BCUT2D eigenvalue weighted by atomic mass is 19.4. The first-order valence-electron chi connectivity index (χ1n) is 6.79. The molecule has 1 aromatic rings. The van der Waals surface area contributed by atoms with Crippen molar-refractivity contribution in [1.82, 2.24) is 19.6 Å². The van der Waals surface area contributed by atoms with Gasteiger partial charge >= 0.3 is 6.18 Å². The molecule has 1 amide bonds. The number of likely N-dealkylation sites (tertiary alicyclic amines) is 1. The molecule has 6 nitrogen and oxygen atoms in total. The Balaban J connectivity index is 2.14. The zero-order chi connectivity index (χ0) is 16.7. The number of aryl methyl sites for hydroxylation is 1. The van der Waals surface area contributed by atoms with Crippen molar-refractivity contribution in [1.29, 1.82) is 0 Å². The summed E-state index contributed by atoms with van der Waals surface area (Å²) in [5, 5.41) is 14.0. The number of hydrogen-bond donors (Lipinski definition) is 1. The average molecular weight is 320 g/mol. The maximum atomic E-state index is 12.7. The maximum absolute atomic E-state index is 12.7. The zero-order valence-corrected chi connectivity index (χ0v) is 12.7. The molecule has 1 fully saturated rings. The Morgan fingerprint density at radius 3 is 2.64 bits per heavy atom. The predicted molar refractivity (Wildman–Crippen MR) is 72.2 cm³/mol. The molecule has 1 unspecified atom stereocenters. The van der Waals surface area contributed by atoms with Crippen LogP contribution >= 0.6 is 0 Å². The van der Waals surface area contributed by atoms with E-state index in [0.29, 0.717) is 24.2 Å². The van der Waals surface area contributed by atoms with Crippen molar-refractivity contribution >= 4 is 5.91 Å². The number of likely N-dealkylation sites (N-methyl/N-ethyl adjacent to an activating group) is 1. The molecular weight excluding hydrogens is 301 g/mol. The highest BCUT2D eigenvalue weighted by Gasteiger charge is 2.41. The number of halogens is 3. The fourth-order valence-electron chi connectivity index (χ4n) is 2.75. The molecule has 0 saturated carbocycles. The lowest BCUT2D eigenvalue weighted by atomic mass is 10.0. The molecule has 1 aliphatic rings. The number of hydrogen-bond acceptors (Lipinski definition) is 4. The number of rotatable bonds is 3. The minimum Gasteiger partial charge on any atom is -0.387 e. The van der Waals surface area contributed by atoms with Gasteiger partial charge in [-0.2, -0.15) is 18.3 Å². The molecule has 2 rings (SSSR count). The number of aromatic nitrogens is 2. The molecule has 0 radical (unpaired) electrons. The summed E-state index contributed by atoms with van der Waals surface area (Å²) in [4.78, 5) is 15.4. The number of amides is 1. The van der Waals surface area contributed by atoms with Gasteiger partial charge in [0.05, 0.1) is 12.1 Å². The highest BCUT2D eigenvalue weighted by Crippen LogP contribution is 2.30. The van der Waals surface area contributed by atoms with Crippen molar-refractivity contribution in [3.05, 3.63) is 17.5 Å². The summed E-state index contributed by atoms with van der Waals surface area (Å²) in [6, 6.07) is 0.742. The monoisotopic (exact) mass is 320 g/mol. The van der Waals surface area contributed by atoms with E-state index in [1.165, 1.54) is 4.90 Å². The van der Waals surface area contributed by atoms with Gasteiger partial charge in [-0.1, -0.05) is 0 Å². The van der Waals surface area contributed by atoms with E-state index in [2.05, 4.69) is 5.10 Å². The normalized spacial score (nSPS) is 22.6. The first-order chi connectivity index (χ1) is 10.0. The minimum atomic E-state index is -4.56.